The van der Waals surface area contributed by atoms with E-state index in [4.69, 9.17) is 9.97 Å². The summed E-state index contributed by atoms with van der Waals surface area (Å²) in [5.74, 6) is 2.17. The van der Waals surface area contributed by atoms with Gasteiger partial charge in [0.15, 0.2) is 0 Å². The smallest absolute Gasteiger partial charge is 0.145 e. The highest BCUT2D eigenvalue weighted by atomic mass is 15.2. The molecule has 2 aliphatic carbocycles. The van der Waals surface area contributed by atoms with E-state index < -0.39 is 0 Å². The zero-order chi connectivity index (χ0) is 43.6. The third-order valence-corrected chi connectivity index (χ3v) is 13.6. The van der Waals surface area contributed by atoms with E-state index in [1.807, 2.05) is 0 Å². The maximum absolute atomic E-state index is 5.18. The van der Waals surface area contributed by atoms with E-state index >= 15 is 0 Å². The number of imidazole rings is 2. The van der Waals surface area contributed by atoms with Crippen LogP contribution >= 0.6 is 0 Å². The van der Waals surface area contributed by atoms with Crippen LogP contribution in [0, 0.1) is 0 Å². The molecule has 13 rings (SSSR count). The lowest BCUT2D eigenvalue weighted by Crippen LogP contribution is -2.35. The van der Waals surface area contributed by atoms with E-state index in [1.165, 1.54) is 33.8 Å². The van der Waals surface area contributed by atoms with Crippen molar-refractivity contribution >= 4 is 50.5 Å². The minimum Gasteiger partial charge on any atom is -0.337 e. The Morgan fingerprint density at radius 2 is 0.803 bits per heavy atom. The largest absolute Gasteiger partial charge is 0.337 e. The average Bonchev–Trinajstić information content (AvgIpc) is 4.13. The van der Waals surface area contributed by atoms with Crippen LogP contribution < -0.4 is 9.80 Å². The van der Waals surface area contributed by atoms with Crippen LogP contribution in [0.3, 0.4) is 0 Å². The first-order chi connectivity index (χ1) is 32.7. The Bertz CT molecular complexity index is 3530. The predicted molar refractivity (Wildman–Crippen MR) is 270 cm³/mol. The van der Waals surface area contributed by atoms with Crippen LogP contribution in [0.1, 0.15) is 22.6 Å². The second kappa shape index (κ2) is 15.6. The molecule has 0 fully saturated rings. The molecule has 0 aliphatic heterocycles. The van der Waals surface area contributed by atoms with E-state index in [0.29, 0.717) is 5.92 Å². The molecule has 6 heteroatoms. The number of fused-ring (bicyclic) bond motifs is 3. The molecule has 2 aromatic heterocycles. The van der Waals surface area contributed by atoms with Crippen molar-refractivity contribution in [1.29, 1.82) is 0 Å². The maximum atomic E-state index is 5.18. The Balaban J connectivity index is 0.883. The van der Waals surface area contributed by atoms with Gasteiger partial charge in [-0.2, -0.15) is 0 Å². The minimum absolute atomic E-state index is 0.223. The van der Waals surface area contributed by atoms with Crippen molar-refractivity contribution in [3.8, 4) is 34.2 Å². The van der Waals surface area contributed by atoms with Gasteiger partial charge in [0, 0.05) is 57.2 Å². The SMILES string of the molecule is c1ccc(N(c2ccc(-c3nc4ccccc4n3-c3ccccc3)cc2)c2c3ccc4c2C(C3)[C@@H](N(c2ccccc2)c2ccc(-c3nc5ccccc5n3-c3ccccc3)cc2)C4)cc1. The summed E-state index contributed by atoms with van der Waals surface area (Å²) in [5.41, 5.74) is 18.7. The van der Waals surface area contributed by atoms with E-state index in [1.54, 1.807) is 0 Å². The molecule has 66 heavy (non-hydrogen) atoms. The van der Waals surface area contributed by atoms with Crippen LogP contribution in [-0.4, -0.2) is 25.1 Å². The fourth-order valence-corrected chi connectivity index (χ4v) is 10.8. The Labute approximate surface area is 383 Å². The first-order valence-electron chi connectivity index (χ1n) is 22.9. The molecule has 1 unspecified atom stereocenters. The second-order valence-corrected chi connectivity index (χ2v) is 17.4. The van der Waals surface area contributed by atoms with Crippen molar-refractivity contribution in [3.05, 3.63) is 247 Å². The average molecular weight is 849 g/mol. The van der Waals surface area contributed by atoms with Crippen molar-refractivity contribution in [2.45, 2.75) is 24.8 Å². The highest BCUT2D eigenvalue weighted by molar-refractivity contribution is 5.88. The molecule has 11 aromatic rings. The Morgan fingerprint density at radius 3 is 1.35 bits per heavy atom. The molecular weight excluding hydrogens is 805 g/mol. The minimum atomic E-state index is 0.223. The molecule has 2 aliphatic rings. The predicted octanol–water partition coefficient (Wildman–Crippen LogP) is 14.6. The van der Waals surface area contributed by atoms with Gasteiger partial charge >= 0.3 is 0 Å². The lowest BCUT2D eigenvalue weighted by molar-refractivity contribution is 0.568. The summed E-state index contributed by atoms with van der Waals surface area (Å²) in [5, 5.41) is 0. The topological polar surface area (TPSA) is 42.1 Å². The maximum Gasteiger partial charge on any atom is 0.145 e. The molecule has 6 nitrogen and oxygen atoms in total. The number of hydrogen-bond donors (Lipinski definition) is 0. The summed E-state index contributed by atoms with van der Waals surface area (Å²) in [6.45, 7) is 0. The number of benzene rings is 9. The summed E-state index contributed by atoms with van der Waals surface area (Å²) in [6.07, 6.45) is 1.92. The molecule has 0 spiro atoms. The molecule has 0 N–H and O–H groups in total. The molecule has 0 amide bonds. The first kappa shape index (κ1) is 38.0. The number of aromatic nitrogens is 4. The fourth-order valence-electron chi connectivity index (χ4n) is 10.8. The second-order valence-electron chi connectivity index (χ2n) is 17.4. The van der Waals surface area contributed by atoms with E-state index in [-0.39, 0.29) is 6.04 Å². The Kier molecular flexibility index (Phi) is 9.01. The Morgan fingerprint density at radius 1 is 0.379 bits per heavy atom. The van der Waals surface area contributed by atoms with E-state index in [9.17, 15) is 0 Å². The van der Waals surface area contributed by atoms with E-state index in [2.05, 4.69) is 249 Å². The van der Waals surface area contributed by atoms with Crippen molar-refractivity contribution in [2.24, 2.45) is 0 Å². The lowest BCUT2D eigenvalue weighted by atomic mass is 9.96. The van der Waals surface area contributed by atoms with Crippen molar-refractivity contribution < 1.29 is 0 Å². The summed E-state index contributed by atoms with van der Waals surface area (Å²) >= 11 is 0. The molecule has 2 heterocycles. The van der Waals surface area contributed by atoms with Gasteiger partial charge in [0.2, 0.25) is 0 Å². The number of para-hydroxylation sites is 8. The summed E-state index contributed by atoms with van der Waals surface area (Å²) in [6, 6.07) is 82.8. The third-order valence-electron chi connectivity index (χ3n) is 13.6. The van der Waals surface area contributed by atoms with Crippen LogP contribution in [0.5, 0.6) is 0 Å². The monoisotopic (exact) mass is 848 g/mol. The Hall–Kier alpha value is -8.48. The number of rotatable bonds is 10. The zero-order valence-corrected chi connectivity index (χ0v) is 36.2. The van der Waals surface area contributed by atoms with Crippen LogP contribution in [0.15, 0.2) is 231 Å². The summed E-state index contributed by atoms with van der Waals surface area (Å²) in [4.78, 5) is 15.5. The van der Waals surface area contributed by atoms with Crippen LogP contribution in [-0.2, 0) is 12.8 Å². The van der Waals surface area contributed by atoms with Gasteiger partial charge in [0.1, 0.15) is 11.6 Å². The van der Waals surface area contributed by atoms with Crippen LogP contribution in [0.25, 0.3) is 56.2 Å². The normalized spacial score (nSPS) is 14.8. The summed E-state index contributed by atoms with van der Waals surface area (Å²) < 4.78 is 4.55. The van der Waals surface area contributed by atoms with Gasteiger partial charge in [-0.1, -0.05) is 109 Å². The van der Waals surface area contributed by atoms with Gasteiger partial charge in [-0.05, 0) is 151 Å². The standard InChI is InChI=1S/C60H44N6/c1-5-17-45(18-6-1)63(49-35-31-41(32-36-49)59-61-52-25-13-15-27-54(52)65(59)47-21-9-3-10-22-47)56-40-43-29-30-44-39-51(56)57(43)58(44)64(46-19-7-2-8-20-46)50-37-33-42(34-38-50)60-62-53-26-14-16-28-55(53)66(60)48-23-11-4-12-24-48/h1-38,51,56H,39-40H2/t51?,56-/m0/s1. The van der Waals surface area contributed by atoms with Gasteiger partial charge in [0.05, 0.1) is 27.8 Å². The molecule has 9 aromatic carbocycles. The van der Waals surface area contributed by atoms with Crippen molar-refractivity contribution in [3.63, 3.8) is 0 Å². The quantitative estimate of drug-likeness (QED) is 0.137. The molecule has 0 radical (unpaired) electrons. The molecule has 2 atom stereocenters. The zero-order valence-electron chi connectivity index (χ0n) is 36.2. The molecule has 0 saturated carbocycles. The van der Waals surface area contributed by atoms with Crippen molar-refractivity contribution in [2.75, 3.05) is 9.80 Å². The summed E-state index contributed by atoms with van der Waals surface area (Å²) in [7, 11) is 0. The van der Waals surface area contributed by atoms with Crippen LogP contribution in [0.4, 0.5) is 28.4 Å². The molecular formula is C60H44N6. The molecule has 0 saturated heterocycles. The number of hydrogen-bond acceptors (Lipinski definition) is 4. The van der Waals surface area contributed by atoms with Gasteiger partial charge in [-0.3, -0.25) is 9.13 Å². The number of anilines is 5. The number of nitrogens with zero attached hydrogens (tertiary/aromatic N) is 6. The van der Waals surface area contributed by atoms with Gasteiger partial charge in [-0.25, -0.2) is 9.97 Å². The molecule has 2 bridgehead atoms. The van der Waals surface area contributed by atoms with Gasteiger partial charge in [-0.15, -0.1) is 0 Å². The van der Waals surface area contributed by atoms with Crippen LogP contribution in [0.2, 0.25) is 0 Å². The van der Waals surface area contributed by atoms with Crippen molar-refractivity contribution in [1.82, 2.24) is 19.1 Å². The highest BCUT2D eigenvalue weighted by Gasteiger charge is 2.45. The molecule has 314 valence electrons. The first-order valence-corrected chi connectivity index (χ1v) is 22.9. The highest BCUT2D eigenvalue weighted by Crippen LogP contribution is 2.56. The van der Waals surface area contributed by atoms with Gasteiger partial charge < -0.3 is 9.80 Å². The fraction of sp³-hybridized carbons (Fsp3) is 0.0667. The lowest BCUT2D eigenvalue weighted by Gasteiger charge is -2.35. The van der Waals surface area contributed by atoms with Gasteiger partial charge in [0.25, 0.3) is 0 Å². The third kappa shape index (κ3) is 6.25. The van der Waals surface area contributed by atoms with E-state index in [0.717, 1.165) is 80.4 Å².